The molecule has 0 aliphatic rings. The van der Waals surface area contributed by atoms with Crippen LogP contribution in [0.15, 0.2) is 73.3 Å². The van der Waals surface area contributed by atoms with Crippen molar-refractivity contribution < 1.29 is 14.6 Å². The van der Waals surface area contributed by atoms with E-state index in [0.29, 0.717) is 25.6 Å². The van der Waals surface area contributed by atoms with E-state index < -0.39 is 6.10 Å². The molecular weight excluding hydrogens is 414 g/mol. The van der Waals surface area contributed by atoms with Crippen LogP contribution in [0.3, 0.4) is 0 Å². The quantitative estimate of drug-likeness (QED) is 0.277. The average Bonchev–Trinajstić information content (AvgIpc) is 3.17. The Balaban J connectivity index is 1.94. The van der Waals surface area contributed by atoms with Crippen LogP contribution in [-0.4, -0.2) is 52.2 Å². The molecule has 0 saturated carbocycles. The van der Waals surface area contributed by atoms with Crippen LogP contribution in [0.1, 0.15) is 31.5 Å². The third kappa shape index (κ3) is 7.02. The van der Waals surface area contributed by atoms with Crippen molar-refractivity contribution >= 4 is 0 Å². The first-order valence-corrected chi connectivity index (χ1v) is 11.6. The van der Waals surface area contributed by atoms with Gasteiger partial charge in [-0.2, -0.15) is 5.10 Å². The van der Waals surface area contributed by atoms with Crippen molar-refractivity contribution in [2.45, 2.75) is 39.3 Å². The van der Waals surface area contributed by atoms with Gasteiger partial charge in [-0.1, -0.05) is 56.3 Å². The SMILES string of the molecule is C=CCOC[C@H](O)CN(CCC)Cc1c(CC)nn(-c2ccccc2)c1Oc1ccccc1. The Bertz CT molecular complexity index is 973. The molecule has 6 nitrogen and oxygen atoms in total. The summed E-state index contributed by atoms with van der Waals surface area (Å²) >= 11 is 0. The zero-order valence-electron chi connectivity index (χ0n) is 19.7. The lowest BCUT2D eigenvalue weighted by Crippen LogP contribution is -2.35. The number of rotatable bonds is 14. The summed E-state index contributed by atoms with van der Waals surface area (Å²) in [6.45, 7) is 10.6. The third-order valence-corrected chi connectivity index (χ3v) is 5.25. The predicted octanol–water partition coefficient (Wildman–Crippen LogP) is 5.00. The molecule has 6 heteroatoms. The molecule has 1 atom stereocenters. The highest BCUT2D eigenvalue weighted by Gasteiger charge is 2.23. The first-order chi connectivity index (χ1) is 16.2. The minimum atomic E-state index is -0.579. The molecule has 3 rings (SSSR count). The smallest absolute Gasteiger partial charge is 0.227 e. The number of benzene rings is 2. The Kier molecular flexibility index (Phi) is 9.69. The van der Waals surface area contributed by atoms with Gasteiger partial charge in [-0.15, -0.1) is 6.58 Å². The van der Waals surface area contributed by atoms with E-state index in [0.717, 1.165) is 42.1 Å². The number of para-hydroxylation sites is 2. The molecule has 0 aliphatic carbocycles. The second-order valence-corrected chi connectivity index (χ2v) is 7.96. The molecule has 0 amide bonds. The van der Waals surface area contributed by atoms with Gasteiger partial charge in [-0.05, 0) is 43.7 Å². The van der Waals surface area contributed by atoms with Crippen molar-refractivity contribution in [2.24, 2.45) is 0 Å². The lowest BCUT2D eigenvalue weighted by molar-refractivity contribution is 0.0244. The van der Waals surface area contributed by atoms with E-state index >= 15 is 0 Å². The van der Waals surface area contributed by atoms with Gasteiger partial charge >= 0.3 is 0 Å². The van der Waals surface area contributed by atoms with E-state index in [2.05, 4.69) is 25.3 Å². The van der Waals surface area contributed by atoms with Crippen LogP contribution in [-0.2, 0) is 17.7 Å². The number of nitrogens with zero attached hydrogens (tertiary/aromatic N) is 3. The number of aliphatic hydroxyl groups excluding tert-OH is 1. The van der Waals surface area contributed by atoms with Crippen molar-refractivity contribution in [3.8, 4) is 17.3 Å². The summed E-state index contributed by atoms with van der Waals surface area (Å²) < 4.78 is 13.7. The second kappa shape index (κ2) is 12.9. The summed E-state index contributed by atoms with van der Waals surface area (Å²) in [4.78, 5) is 2.24. The predicted molar refractivity (Wildman–Crippen MR) is 132 cm³/mol. The summed E-state index contributed by atoms with van der Waals surface area (Å²) in [6.07, 6.45) is 2.87. The van der Waals surface area contributed by atoms with Crippen LogP contribution >= 0.6 is 0 Å². The molecule has 0 spiro atoms. The van der Waals surface area contributed by atoms with Crippen LogP contribution < -0.4 is 4.74 Å². The third-order valence-electron chi connectivity index (χ3n) is 5.25. The standard InChI is InChI=1S/C27H35N3O3/c1-4-17-29(19-23(31)21-32-18-5-2)20-25-26(6-3)28-30(22-13-9-7-10-14-22)27(25)33-24-15-11-8-12-16-24/h5,7-16,23,31H,2,4,6,17-21H2,1,3H3/t23-/m1/s1. The highest BCUT2D eigenvalue weighted by Crippen LogP contribution is 2.32. The molecule has 0 radical (unpaired) electrons. The van der Waals surface area contributed by atoms with Crippen LogP contribution in [0.4, 0.5) is 0 Å². The van der Waals surface area contributed by atoms with Gasteiger partial charge in [0, 0.05) is 13.1 Å². The Morgan fingerprint density at radius 3 is 2.42 bits per heavy atom. The van der Waals surface area contributed by atoms with Crippen molar-refractivity contribution in [1.29, 1.82) is 0 Å². The summed E-state index contributed by atoms with van der Waals surface area (Å²) in [5, 5.41) is 15.4. The number of ether oxygens (including phenoxy) is 2. The molecule has 0 aliphatic heterocycles. The topological polar surface area (TPSA) is 59.8 Å². The maximum atomic E-state index is 10.5. The summed E-state index contributed by atoms with van der Waals surface area (Å²) in [5.74, 6) is 1.47. The number of aliphatic hydroxyl groups is 1. The van der Waals surface area contributed by atoms with Gasteiger partial charge in [0.1, 0.15) is 5.75 Å². The maximum absolute atomic E-state index is 10.5. The lowest BCUT2D eigenvalue weighted by atomic mass is 10.1. The van der Waals surface area contributed by atoms with Gasteiger partial charge in [0.15, 0.2) is 0 Å². The maximum Gasteiger partial charge on any atom is 0.227 e. The summed E-state index contributed by atoms with van der Waals surface area (Å²) in [5.41, 5.74) is 2.98. The zero-order chi connectivity index (χ0) is 23.5. The van der Waals surface area contributed by atoms with E-state index in [1.807, 2.05) is 65.3 Å². The number of hydrogen-bond donors (Lipinski definition) is 1. The first kappa shape index (κ1) is 24.7. The fourth-order valence-electron chi connectivity index (χ4n) is 3.78. The van der Waals surface area contributed by atoms with Crippen molar-refractivity contribution in [3.05, 3.63) is 84.6 Å². The Labute approximate surface area is 197 Å². The van der Waals surface area contributed by atoms with Gasteiger partial charge < -0.3 is 14.6 Å². The highest BCUT2D eigenvalue weighted by molar-refractivity contribution is 5.43. The molecule has 0 bridgehead atoms. The Hall–Kier alpha value is -2.93. The van der Waals surface area contributed by atoms with Crippen molar-refractivity contribution in [2.75, 3.05) is 26.3 Å². The summed E-state index contributed by atoms with van der Waals surface area (Å²) in [7, 11) is 0. The van der Waals surface area contributed by atoms with Crippen molar-refractivity contribution in [1.82, 2.24) is 14.7 Å². The number of hydrogen-bond acceptors (Lipinski definition) is 5. The lowest BCUT2D eigenvalue weighted by Gasteiger charge is -2.25. The average molecular weight is 450 g/mol. The van der Waals surface area contributed by atoms with E-state index in [-0.39, 0.29) is 6.61 Å². The van der Waals surface area contributed by atoms with E-state index in [1.165, 1.54) is 0 Å². The highest BCUT2D eigenvalue weighted by atomic mass is 16.5. The van der Waals surface area contributed by atoms with E-state index in [4.69, 9.17) is 14.6 Å². The molecule has 1 aromatic heterocycles. The van der Waals surface area contributed by atoms with E-state index in [1.54, 1.807) is 6.08 Å². The van der Waals surface area contributed by atoms with Gasteiger partial charge in [-0.25, -0.2) is 4.68 Å². The molecule has 0 unspecified atom stereocenters. The van der Waals surface area contributed by atoms with Crippen LogP contribution in [0.2, 0.25) is 0 Å². The molecule has 2 aromatic carbocycles. The fourth-order valence-corrected chi connectivity index (χ4v) is 3.78. The Morgan fingerprint density at radius 1 is 1.09 bits per heavy atom. The molecule has 33 heavy (non-hydrogen) atoms. The summed E-state index contributed by atoms with van der Waals surface area (Å²) in [6, 6.07) is 19.8. The minimum absolute atomic E-state index is 0.281. The van der Waals surface area contributed by atoms with Gasteiger partial charge in [0.2, 0.25) is 5.88 Å². The van der Waals surface area contributed by atoms with Crippen LogP contribution in [0.25, 0.3) is 5.69 Å². The number of aryl methyl sites for hydroxylation is 1. The monoisotopic (exact) mass is 449 g/mol. The molecule has 0 saturated heterocycles. The Morgan fingerprint density at radius 2 is 1.79 bits per heavy atom. The normalized spacial score (nSPS) is 12.1. The molecule has 176 valence electrons. The fraction of sp³-hybridized carbons (Fsp3) is 0.370. The van der Waals surface area contributed by atoms with Gasteiger partial charge in [0.05, 0.1) is 36.3 Å². The molecule has 1 N–H and O–H groups in total. The van der Waals surface area contributed by atoms with Gasteiger partial charge in [0.25, 0.3) is 0 Å². The van der Waals surface area contributed by atoms with Gasteiger partial charge in [-0.3, -0.25) is 4.90 Å². The van der Waals surface area contributed by atoms with Crippen molar-refractivity contribution in [3.63, 3.8) is 0 Å². The molecule has 3 aromatic rings. The molecule has 1 heterocycles. The molecule has 0 fully saturated rings. The second-order valence-electron chi connectivity index (χ2n) is 7.96. The first-order valence-electron chi connectivity index (χ1n) is 11.6. The zero-order valence-corrected chi connectivity index (χ0v) is 19.7. The molecular formula is C27H35N3O3. The largest absolute Gasteiger partial charge is 0.439 e. The van der Waals surface area contributed by atoms with Crippen LogP contribution in [0, 0.1) is 0 Å². The number of aromatic nitrogens is 2. The minimum Gasteiger partial charge on any atom is -0.439 e. The van der Waals surface area contributed by atoms with Crippen LogP contribution in [0.5, 0.6) is 11.6 Å². The van der Waals surface area contributed by atoms with E-state index in [9.17, 15) is 5.11 Å².